The van der Waals surface area contributed by atoms with Crippen molar-refractivity contribution in [1.82, 2.24) is 0 Å². The van der Waals surface area contributed by atoms with E-state index < -0.39 is 17.7 Å². The molecule has 0 heterocycles. The number of methoxy groups -OCH3 is 2. The quantitative estimate of drug-likeness (QED) is 0.360. The van der Waals surface area contributed by atoms with Crippen molar-refractivity contribution in [3.8, 4) is 11.5 Å². The number of amides is 1. The maximum atomic E-state index is 12.9. The van der Waals surface area contributed by atoms with Crippen LogP contribution in [0.25, 0.3) is 0 Å². The summed E-state index contributed by atoms with van der Waals surface area (Å²) in [6.45, 7) is 3.07. The van der Waals surface area contributed by atoms with Crippen molar-refractivity contribution in [3.63, 3.8) is 0 Å². The van der Waals surface area contributed by atoms with Crippen molar-refractivity contribution in [2.75, 3.05) is 18.6 Å². The molecule has 0 fully saturated rings. The van der Waals surface area contributed by atoms with Crippen molar-refractivity contribution < 1.29 is 19.1 Å². The van der Waals surface area contributed by atoms with Gasteiger partial charge < -0.3 is 9.47 Å². The van der Waals surface area contributed by atoms with Gasteiger partial charge in [0.25, 0.3) is 5.91 Å². The molecule has 1 atom stereocenters. The van der Waals surface area contributed by atoms with Gasteiger partial charge >= 0.3 is 0 Å². The Balaban J connectivity index is 2.38. The van der Waals surface area contributed by atoms with Gasteiger partial charge in [-0.1, -0.05) is 17.7 Å². The first-order valence-corrected chi connectivity index (χ1v) is 8.89. The van der Waals surface area contributed by atoms with Crippen LogP contribution < -0.4 is 13.9 Å². The van der Waals surface area contributed by atoms with E-state index in [1.54, 1.807) is 36.4 Å². The number of hydrogen-bond acceptors (Lipinski definition) is 6. The molecule has 2 rings (SSSR count). The highest BCUT2D eigenvalue weighted by molar-refractivity contribution is 6.40. The zero-order chi connectivity index (χ0) is 20.8. The van der Waals surface area contributed by atoms with Crippen LogP contribution in [0, 0.1) is 6.92 Å². The predicted molar refractivity (Wildman–Crippen MR) is 108 cm³/mol. The van der Waals surface area contributed by atoms with E-state index >= 15 is 0 Å². The highest BCUT2D eigenvalue weighted by Crippen LogP contribution is 2.39. The Labute approximate surface area is 173 Å². The first kappa shape index (κ1) is 21.7. The maximum absolute atomic E-state index is 12.9. The van der Waals surface area contributed by atoms with E-state index in [9.17, 15) is 9.59 Å². The Morgan fingerprint density at radius 2 is 1.71 bits per heavy atom. The molecule has 28 heavy (non-hydrogen) atoms. The fourth-order valence-corrected chi connectivity index (χ4v) is 2.99. The van der Waals surface area contributed by atoms with Crippen LogP contribution in [0.4, 0.5) is 11.4 Å². The topological polar surface area (TPSA) is 80.6 Å². The molecule has 0 radical (unpaired) electrons. The SMILES string of the molecule is COc1cccc(OC)c1N(Cl)C(=O)C(N=Nc1cc(C)cc(Cl)c1)C(C)=O. The van der Waals surface area contributed by atoms with Crippen molar-refractivity contribution in [2.45, 2.75) is 19.9 Å². The zero-order valence-electron chi connectivity index (χ0n) is 15.8. The molecule has 0 N–H and O–H groups in total. The number of ketones is 1. The number of carbonyl (C=O) groups is 2. The molecule has 1 unspecified atom stereocenters. The molecule has 2 aromatic carbocycles. The van der Waals surface area contributed by atoms with Gasteiger partial charge in [-0.3, -0.25) is 9.59 Å². The second kappa shape index (κ2) is 9.52. The van der Waals surface area contributed by atoms with E-state index in [-0.39, 0.29) is 5.69 Å². The first-order chi connectivity index (χ1) is 13.3. The third kappa shape index (κ3) is 4.99. The lowest BCUT2D eigenvalue weighted by Gasteiger charge is -2.21. The van der Waals surface area contributed by atoms with Gasteiger partial charge in [0.1, 0.15) is 17.2 Å². The Morgan fingerprint density at radius 3 is 2.21 bits per heavy atom. The number of halogens is 2. The van der Waals surface area contributed by atoms with E-state index in [4.69, 9.17) is 32.9 Å². The van der Waals surface area contributed by atoms with Gasteiger partial charge in [0, 0.05) is 16.8 Å². The van der Waals surface area contributed by atoms with Crippen LogP contribution in [-0.4, -0.2) is 32.0 Å². The number of ether oxygens (including phenoxy) is 2. The van der Waals surface area contributed by atoms with Gasteiger partial charge in [0.05, 0.1) is 19.9 Å². The highest BCUT2D eigenvalue weighted by Gasteiger charge is 2.32. The molecule has 2 aromatic rings. The number of nitrogens with zero attached hydrogens (tertiary/aromatic N) is 3. The van der Waals surface area contributed by atoms with Crippen LogP contribution in [0.1, 0.15) is 12.5 Å². The summed E-state index contributed by atoms with van der Waals surface area (Å²) in [4.78, 5) is 24.9. The summed E-state index contributed by atoms with van der Waals surface area (Å²) in [7, 11) is 2.86. The fraction of sp³-hybridized carbons (Fsp3) is 0.263. The number of hydrogen-bond donors (Lipinski definition) is 0. The molecule has 1 amide bonds. The Hall–Kier alpha value is -2.64. The van der Waals surface area contributed by atoms with Crippen LogP contribution in [-0.2, 0) is 9.59 Å². The normalized spacial score (nSPS) is 11.9. The van der Waals surface area contributed by atoms with Crippen molar-refractivity contribution >= 4 is 46.4 Å². The number of carbonyl (C=O) groups excluding carboxylic acids is 2. The van der Waals surface area contributed by atoms with Crippen LogP contribution in [0.2, 0.25) is 5.02 Å². The highest BCUT2D eigenvalue weighted by atomic mass is 35.5. The summed E-state index contributed by atoms with van der Waals surface area (Å²) < 4.78 is 11.2. The van der Waals surface area contributed by atoms with Gasteiger partial charge in [-0.05, 0) is 49.7 Å². The molecule has 0 aliphatic rings. The number of Topliss-reactive ketones (excluding diaryl/α,β-unsaturated/α-hetero) is 1. The van der Waals surface area contributed by atoms with Crippen LogP contribution in [0.3, 0.4) is 0 Å². The first-order valence-electron chi connectivity index (χ1n) is 8.17. The third-order valence-electron chi connectivity index (χ3n) is 3.73. The largest absolute Gasteiger partial charge is 0.494 e. The lowest BCUT2D eigenvalue weighted by molar-refractivity contribution is -0.126. The standard InChI is InChI=1S/C19H19Cl2N3O4/c1-11-8-13(20)10-14(9-11)22-23-17(12(2)25)19(26)24(21)18-15(27-3)6-5-7-16(18)28-4/h5-10,17H,1-4H3. The second-order valence-electron chi connectivity index (χ2n) is 5.85. The molecule has 0 bridgehead atoms. The number of anilines is 1. The molecule has 0 saturated heterocycles. The van der Waals surface area contributed by atoms with Crippen LogP contribution in [0.5, 0.6) is 11.5 Å². The summed E-state index contributed by atoms with van der Waals surface area (Å²) in [5.74, 6) is -0.716. The van der Waals surface area contributed by atoms with Gasteiger partial charge in [0.2, 0.25) is 6.04 Å². The number of benzene rings is 2. The van der Waals surface area contributed by atoms with Crippen molar-refractivity contribution in [1.29, 1.82) is 0 Å². The molecule has 7 nitrogen and oxygen atoms in total. The average molecular weight is 424 g/mol. The minimum Gasteiger partial charge on any atom is -0.494 e. The minimum absolute atomic E-state index is 0.166. The predicted octanol–water partition coefficient (Wildman–Crippen LogP) is 4.89. The van der Waals surface area contributed by atoms with Crippen molar-refractivity contribution in [3.05, 3.63) is 47.0 Å². The van der Waals surface area contributed by atoms with Gasteiger partial charge in [-0.25, -0.2) is 4.42 Å². The zero-order valence-corrected chi connectivity index (χ0v) is 17.3. The van der Waals surface area contributed by atoms with Crippen molar-refractivity contribution in [2.24, 2.45) is 10.2 Å². The average Bonchev–Trinajstić information content (AvgIpc) is 2.65. The molecular formula is C19H19Cl2N3O4. The van der Waals surface area contributed by atoms with Gasteiger partial charge in [-0.15, -0.1) is 0 Å². The molecule has 0 aromatic heterocycles. The number of azo groups is 1. The molecule has 0 aliphatic heterocycles. The lowest BCUT2D eigenvalue weighted by atomic mass is 10.2. The van der Waals surface area contributed by atoms with E-state index in [1.807, 2.05) is 6.92 Å². The second-order valence-corrected chi connectivity index (χ2v) is 6.62. The summed E-state index contributed by atoms with van der Waals surface area (Å²) in [5.41, 5.74) is 1.45. The molecule has 148 valence electrons. The summed E-state index contributed by atoms with van der Waals surface area (Å²) in [5, 5.41) is 8.35. The third-order valence-corrected chi connectivity index (χ3v) is 4.28. The Bertz CT molecular complexity index is 876. The van der Waals surface area contributed by atoms with Gasteiger partial charge in [0.15, 0.2) is 5.78 Å². The van der Waals surface area contributed by atoms with E-state index in [0.717, 1.165) is 9.98 Å². The number of para-hydroxylation sites is 1. The lowest BCUT2D eigenvalue weighted by Crippen LogP contribution is -2.36. The van der Waals surface area contributed by atoms with E-state index in [1.165, 1.54) is 21.1 Å². The molecule has 0 saturated carbocycles. The molecule has 9 heteroatoms. The molecular weight excluding hydrogens is 405 g/mol. The fourth-order valence-electron chi connectivity index (χ4n) is 2.45. The monoisotopic (exact) mass is 423 g/mol. The Kier molecular flexibility index (Phi) is 7.37. The molecule has 0 aliphatic carbocycles. The van der Waals surface area contributed by atoms with E-state index in [2.05, 4.69) is 10.2 Å². The Morgan fingerprint density at radius 1 is 1.11 bits per heavy atom. The van der Waals surface area contributed by atoms with Crippen LogP contribution in [0.15, 0.2) is 46.6 Å². The number of aryl methyl sites for hydroxylation is 1. The van der Waals surface area contributed by atoms with Gasteiger partial charge in [-0.2, -0.15) is 10.2 Å². The molecule has 0 spiro atoms. The number of rotatable bonds is 7. The van der Waals surface area contributed by atoms with Crippen LogP contribution >= 0.6 is 23.4 Å². The summed E-state index contributed by atoms with van der Waals surface area (Å²) in [6.07, 6.45) is 0. The summed E-state index contributed by atoms with van der Waals surface area (Å²) >= 11 is 12.2. The minimum atomic E-state index is -1.44. The van der Waals surface area contributed by atoms with E-state index in [0.29, 0.717) is 22.2 Å². The smallest absolute Gasteiger partial charge is 0.276 e. The summed E-state index contributed by atoms with van der Waals surface area (Å²) in [6, 6.07) is 8.51. The maximum Gasteiger partial charge on any atom is 0.276 e.